The summed E-state index contributed by atoms with van der Waals surface area (Å²) in [5.74, 6) is 1.06. The summed E-state index contributed by atoms with van der Waals surface area (Å²) in [4.78, 5) is 14.8. The molecule has 3 unspecified atom stereocenters. The summed E-state index contributed by atoms with van der Waals surface area (Å²) in [6.07, 6.45) is 3.24. The predicted molar refractivity (Wildman–Crippen MR) is 95.8 cm³/mol. The van der Waals surface area contributed by atoms with E-state index in [1.165, 1.54) is 5.56 Å². The van der Waals surface area contributed by atoms with E-state index in [2.05, 4.69) is 29.3 Å². The van der Waals surface area contributed by atoms with Gasteiger partial charge in [0.25, 0.3) is 0 Å². The van der Waals surface area contributed by atoms with E-state index >= 15 is 0 Å². The van der Waals surface area contributed by atoms with Crippen LogP contribution in [0.4, 0.5) is 0 Å². The first-order valence-electron chi connectivity index (χ1n) is 9.27. The fourth-order valence-corrected chi connectivity index (χ4v) is 4.13. The van der Waals surface area contributed by atoms with Crippen LogP contribution in [-0.4, -0.2) is 41.6 Å². The van der Waals surface area contributed by atoms with Crippen LogP contribution in [0.1, 0.15) is 57.1 Å². The predicted octanol–water partition coefficient (Wildman–Crippen LogP) is 2.62. The van der Waals surface area contributed by atoms with E-state index < -0.39 is 5.60 Å². The number of carbonyl (C=O) groups is 1. The number of rotatable bonds is 5. The maximum Gasteiger partial charge on any atom is 0.240 e. The van der Waals surface area contributed by atoms with Crippen molar-refractivity contribution in [2.24, 2.45) is 5.92 Å². The van der Waals surface area contributed by atoms with Crippen LogP contribution in [-0.2, 0) is 10.4 Å². The van der Waals surface area contributed by atoms with Gasteiger partial charge in [0.1, 0.15) is 0 Å². The number of likely N-dealkylation sites (tertiary alicyclic amines) is 1. The first-order chi connectivity index (χ1) is 11.4. The molecule has 24 heavy (non-hydrogen) atoms. The Bertz CT molecular complexity index is 576. The van der Waals surface area contributed by atoms with E-state index in [1.54, 1.807) is 0 Å². The van der Waals surface area contributed by atoms with E-state index in [0.29, 0.717) is 11.8 Å². The zero-order valence-electron chi connectivity index (χ0n) is 15.1. The third kappa shape index (κ3) is 3.35. The van der Waals surface area contributed by atoms with E-state index in [4.69, 9.17) is 0 Å². The van der Waals surface area contributed by atoms with Crippen LogP contribution >= 0.6 is 0 Å². The normalized spacial score (nSPS) is 27.4. The maximum absolute atomic E-state index is 12.7. The summed E-state index contributed by atoms with van der Waals surface area (Å²) in [7, 11) is 0. The minimum Gasteiger partial charge on any atom is -0.386 e. The Morgan fingerprint density at radius 2 is 2.00 bits per heavy atom. The Morgan fingerprint density at radius 3 is 2.62 bits per heavy atom. The summed E-state index contributed by atoms with van der Waals surface area (Å²) in [6.45, 7) is 8.40. The number of piperidine rings is 1. The summed E-state index contributed by atoms with van der Waals surface area (Å²) in [6, 6.07) is 8.32. The zero-order valence-corrected chi connectivity index (χ0v) is 15.1. The van der Waals surface area contributed by atoms with Crippen LogP contribution < -0.4 is 5.32 Å². The molecule has 1 aromatic carbocycles. The molecule has 0 radical (unpaired) electrons. The number of carbonyl (C=O) groups excluding carboxylic acids is 1. The molecule has 0 aliphatic carbocycles. The molecule has 2 saturated heterocycles. The molecule has 1 amide bonds. The molecule has 0 bridgehead atoms. The van der Waals surface area contributed by atoms with Crippen molar-refractivity contribution in [2.75, 3.05) is 19.6 Å². The monoisotopic (exact) mass is 330 g/mol. The molecule has 0 spiro atoms. The lowest BCUT2D eigenvalue weighted by Gasteiger charge is -2.40. The fourth-order valence-electron chi connectivity index (χ4n) is 4.13. The highest BCUT2D eigenvalue weighted by molar-refractivity contribution is 5.84. The van der Waals surface area contributed by atoms with E-state index in [9.17, 15) is 9.90 Å². The lowest BCUT2D eigenvalue weighted by Crippen LogP contribution is -2.54. The summed E-state index contributed by atoms with van der Waals surface area (Å²) in [5.41, 5.74) is 1.41. The van der Waals surface area contributed by atoms with Crippen LogP contribution in [0.3, 0.4) is 0 Å². The van der Waals surface area contributed by atoms with Crippen molar-refractivity contribution in [3.8, 4) is 0 Å². The average molecular weight is 330 g/mol. The summed E-state index contributed by atoms with van der Waals surface area (Å²) >= 11 is 0. The number of nitrogens with one attached hydrogen (secondary N) is 1. The second-order valence-electron chi connectivity index (χ2n) is 7.81. The van der Waals surface area contributed by atoms with E-state index in [1.807, 2.05) is 26.0 Å². The molecule has 132 valence electrons. The minimum atomic E-state index is -0.814. The topological polar surface area (TPSA) is 52.6 Å². The molecule has 0 saturated carbocycles. The molecule has 0 aromatic heterocycles. The lowest BCUT2D eigenvalue weighted by atomic mass is 9.77. The first kappa shape index (κ1) is 17.4. The largest absolute Gasteiger partial charge is 0.386 e. The van der Waals surface area contributed by atoms with E-state index in [0.717, 1.165) is 44.5 Å². The number of hydrogen-bond donors (Lipinski definition) is 2. The Balaban J connectivity index is 1.83. The minimum absolute atomic E-state index is 0.0189. The second-order valence-corrected chi connectivity index (χ2v) is 7.81. The van der Waals surface area contributed by atoms with Gasteiger partial charge >= 0.3 is 0 Å². The van der Waals surface area contributed by atoms with Gasteiger partial charge in [0.05, 0.1) is 11.6 Å². The van der Waals surface area contributed by atoms with Gasteiger partial charge in [0, 0.05) is 19.0 Å². The molecule has 1 aromatic rings. The van der Waals surface area contributed by atoms with Crippen molar-refractivity contribution in [2.45, 2.75) is 57.6 Å². The molecule has 2 aliphatic rings. The number of benzene rings is 1. The molecular formula is C20H30N2O2. The number of amides is 1. The van der Waals surface area contributed by atoms with Gasteiger partial charge in [-0.05, 0) is 50.3 Å². The van der Waals surface area contributed by atoms with Gasteiger partial charge in [-0.2, -0.15) is 0 Å². The molecule has 2 heterocycles. The number of aliphatic hydroxyl groups is 1. The van der Waals surface area contributed by atoms with Crippen molar-refractivity contribution in [3.63, 3.8) is 0 Å². The van der Waals surface area contributed by atoms with Crippen LogP contribution in [0.25, 0.3) is 0 Å². The maximum atomic E-state index is 12.7. The molecular weight excluding hydrogens is 300 g/mol. The summed E-state index contributed by atoms with van der Waals surface area (Å²) < 4.78 is 0. The second kappa shape index (κ2) is 6.85. The smallest absolute Gasteiger partial charge is 0.240 e. The molecule has 2 N–H and O–H groups in total. The van der Waals surface area contributed by atoms with Crippen molar-refractivity contribution in [1.29, 1.82) is 0 Å². The van der Waals surface area contributed by atoms with E-state index in [-0.39, 0.29) is 11.9 Å². The standard InChI is InChI=1S/C20H30N2O2/c1-4-5-12-22-13-17(16-10-11-21-18(16)19(22)23)14-6-8-15(9-7-14)20(2,3)24/h6-9,16-18,21,24H,4-5,10-13H2,1-3H3. The number of fused-ring (bicyclic) bond motifs is 1. The number of nitrogens with zero attached hydrogens (tertiary/aromatic N) is 1. The number of hydrogen-bond acceptors (Lipinski definition) is 3. The molecule has 4 heteroatoms. The van der Waals surface area contributed by atoms with Crippen LogP contribution in [0.15, 0.2) is 24.3 Å². The van der Waals surface area contributed by atoms with Crippen molar-refractivity contribution < 1.29 is 9.90 Å². The Kier molecular flexibility index (Phi) is 4.97. The number of unbranched alkanes of at least 4 members (excludes halogenated alkanes) is 1. The molecule has 4 nitrogen and oxygen atoms in total. The SMILES string of the molecule is CCCCN1CC(c2ccc(C(C)(C)O)cc2)C2CCNC2C1=O. The lowest BCUT2D eigenvalue weighted by molar-refractivity contribution is -0.137. The highest BCUT2D eigenvalue weighted by Crippen LogP contribution is 2.38. The average Bonchev–Trinajstić information content (AvgIpc) is 3.04. The zero-order chi connectivity index (χ0) is 17.3. The third-order valence-corrected chi connectivity index (χ3v) is 5.61. The quantitative estimate of drug-likeness (QED) is 0.872. The summed E-state index contributed by atoms with van der Waals surface area (Å²) in [5, 5.41) is 13.6. The van der Waals surface area contributed by atoms with Crippen LogP contribution in [0.2, 0.25) is 0 Å². The molecule has 3 atom stereocenters. The van der Waals surface area contributed by atoms with Crippen molar-refractivity contribution in [3.05, 3.63) is 35.4 Å². The highest BCUT2D eigenvalue weighted by Gasteiger charge is 2.45. The highest BCUT2D eigenvalue weighted by atomic mass is 16.3. The third-order valence-electron chi connectivity index (χ3n) is 5.61. The van der Waals surface area contributed by atoms with Crippen LogP contribution in [0, 0.1) is 5.92 Å². The first-order valence-corrected chi connectivity index (χ1v) is 9.27. The molecule has 2 aliphatic heterocycles. The van der Waals surface area contributed by atoms with Crippen LogP contribution in [0.5, 0.6) is 0 Å². The van der Waals surface area contributed by atoms with Gasteiger partial charge in [0.2, 0.25) is 5.91 Å². The van der Waals surface area contributed by atoms with Gasteiger partial charge in [-0.25, -0.2) is 0 Å². The van der Waals surface area contributed by atoms with Gasteiger partial charge in [0.15, 0.2) is 0 Å². The van der Waals surface area contributed by atoms with Gasteiger partial charge in [-0.3, -0.25) is 4.79 Å². The van der Waals surface area contributed by atoms with Crippen molar-refractivity contribution in [1.82, 2.24) is 10.2 Å². The van der Waals surface area contributed by atoms with Gasteiger partial charge in [-0.1, -0.05) is 37.6 Å². The van der Waals surface area contributed by atoms with Crippen molar-refractivity contribution >= 4 is 5.91 Å². The van der Waals surface area contributed by atoms with Gasteiger partial charge in [-0.15, -0.1) is 0 Å². The van der Waals surface area contributed by atoms with Gasteiger partial charge < -0.3 is 15.3 Å². The molecule has 3 rings (SSSR count). The Hall–Kier alpha value is -1.39. The fraction of sp³-hybridized carbons (Fsp3) is 0.650. The Morgan fingerprint density at radius 1 is 1.29 bits per heavy atom. The molecule has 2 fully saturated rings. The Labute approximate surface area is 145 Å².